The lowest BCUT2D eigenvalue weighted by Gasteiger charge is -2.19. The topological polar surface area (TPSA) is 67.4 Å². The van der Waals surface area contributed by atoms with E-state index in [1.54, 1.807) is 18.2 Å². The van der Waals surface area contributed by atoms with Crippen LogP contribution in [0.1, 0.15) is 43.1 Å². The number of carbonyl (C=O) groups is 2. The molecule has 2 amide bonds. The van der Waals surface area contributed by atoms with Gasteiger partial charge in [-0.15, -0.1) is 0 Å². The Bertz CT molecular complexity index is 767. The van der Waals surface area contributed by atoms with Gasteiger partial charge in [-0.3, -0.25) is 20.4 Å². The van der Waals surface area contributed by atoms with Crippen molar-refractivity contribution in [3.8, 4) is 5.75 Å². The smallest absolute Gasteiger partial charge is 0.270 e. The molecule has 0 saturated heterocycles. The first-order valence-corrected chi connectivity index (χ1v) is 9.14. The van der Waals surface area contributed by atoms with E-state index in [0.29, 0.717) is 15.8 Å². The van der Waals surface area contributed by atoms with Crippen molar-refractivity contribution in [3.05, 3.63) is 64.1 Å². The van der Waals surface area contributed by atoms with E-state index < -0.39 is 0 Å². The molecule has 0 saturated carbocycles. The fraction of sp³-hybridized carbons (Fsp3) is 0.300. The van der Waals surface area contributed by atoms with Gasteiger partial charge in [0.05, 0.1) is 18.6 Å². The molecule has 26 heavy (non-hydrogen) atoms. The molecule has 0 aliphatic carbocycles. The summed E-state index contributed by atoms with van der Waals surface area (Å²) in [6, 6.07) is 14.8. The molecule has 0 aliphatic rings. The number of ether oxygens (including phenoxy) is 1. The second-order valence-corrected chi connectivity index (χ2v) is 7.71. The van der Waals surface area contributed by atoms with Crippen LogP contribution in [0.25, 0.3) is 0 Å². The van der Waals surface area contributed by atoms with E-state index >= 15 is 0 Å². The van der Waals surface area contributed by atoms with Crippen LogP contribution in [0.2, 0.25) is 0 Å². The van der Waals surface area contributed by atoms with E-state index in [1.807, 2.05) is 30.3 Å². The van der Waals surface area contributed by atoms with Gasteiger partial charge in [0.15, 0.2) is 0 Å². The highest BCUT2D eigenvalue weighted by Crippen LogP contribution is 2.24. The summed E-state index contributed by atoms with van der Waals surface area (Å²) >= 11 is 3.30. The van der Waals surface area contributed by atoms with E-state index in [0.717, 1.165) is 0 Å². The van der Waals surface area contributed by atoms with Crippen LogP contribution in [0.4, 0.5) is 0 Å². The van der Waals surface area contributed by atoms with Crippen molar-refractivity contribution < 1.29 is 14.3 Å². The summed E-state index contributed by atoms with van der Waals surface area (Å²) < 4.78 is 6.23. The van der Waals surface area contributed by atoms with E-state index in [2.05, 4.69) is 47.6 Å². The molecule has 2 N–H and O–H groups in total. The monoisotopic (exact) mass is 418 g/mol. The number of hydrogen-bond acceptors (Lipinski definition) is 3. The Balaban J connectivity index is 1.74. The van der Waals surface area contributed by atoms with Gasteiger partial charge >= 0.3 is 0 Å². The molecular weight excluding hydrogens is 396 g/mol. The predicted molar refractivity (Wildman–Crippen MR) is 105 cm³/mol. The summed E-state index contributed by atoms with van der Waals surface area (Å²) in [7, 11) is 0. The zero-order valence-corrected chi connectivity index (χ0v) is 16.7. The fourth-order valence-electron chi connectivity index (χ4n) is 2.21. The van der Waals surface area contributed by atoms with Gasteiger partial charge in [-0.1, -0.05) is 45.0 Å². The van der Waals surface area contributed by atoms with Gasteiger partial charge in [0.2, 0.25) is 5.91 Å². The zero-order chi connectivity index (χ0) is 19.2. The molecular formula is C20H23BrN2O3. The van der Waals surface area contributed by atoms with Crippen molar-refractivity contribution in [2.24, 2.45) is 0 Å². The number of benzene rings is 2. The van der Waals surface area contributed by atoms with Gasteiger partial charge < -0.3 is 4.74 Å². The average Bonchev–Trinajstić information content (AvgIpc) is 2.60. The second kappa shape index (κ2) is 8.85. The van der Waals surface area contributed by atoms with Crippen molar-refractivity contribution in [1.82, 2.24) is 10.9 Å². The molecule has 138 valence electrons. The van der Waals surface area contributed by atoms with E-state index in [1.165, 1.54) is 5.56 Å². The highest BCUT2D eigenvalue weighted by Gasteiger charge is 2.13. The minimum Gasteiger partial charge on any atom is -0.493 e. The first kappa shape index (κ1) is 20.0. The Morgan fingerprint density at radius 3 is 2.27 bits per heavy atom. The molecule has 0 heterocycles. The van der Waals surface area contributed by atoms with Crippen LogP contribution in [-0.4, -0.2) is 18.4 Å². The maximum absolute atomic E-state index is 12.0. The average molecular weight is 419 g/mol. The van der Waals surface area contributed by atoms with Crippen LogP contribution < -0.4 is 15.6 Å². The maximum Gasteiger partial charge on any atom is 0.270 e. The first-order valence-electron chi connectivity index (χ1n) is 8.34. The quantitative estimate of drug-likeness (QED) is 0.721. The van der Waals surface area contributed by atoms with Crippen LogP contribution in [0.5, 0.6) is 5.75 Å². The Hall–Kier alpha value is -2.34. The van der Waals surface area contributed by atoms with Gasteiger partial charge in [0, 0.05) is 4.47 Å². The number of amides is 2. The number of hydrogen-bond donors (Lipinski definition) is 2. The van der Waals surface area contributed by atoms with Crippen molar-refractivity contribution >= 4 is 27.7 Å². The Kier molecular flexibility index (Phi) is 6.80. The van der Waals surface area contributed by atoms with E-state index in [-0.39, 0.29) is 30.3 Å². The second-order valence-electron chi connectivity index (χ2n) is 6.85. The number of nitrogens with one attached hydrogen (secondary N) is 2. The molecule has 0 atom stereocenters. The maximum atomic E-state index is 12.0. The standard InChI is InChI=1S/C20H23BrN2O3/c1-20(2,3)14-8-10-15(11-9-14)26-13-12-18(24)22-23-19(25)16-6-4-5-7-17(16)21/h4-11H,12-13H2,1-3H3,(H,22,24)(H,23,25). The largest absolute Gasteiger partial charge is 0.493 e. The normalized spacial score (nSPS) is 10.9. The van der Waals surface area contributed by atoms with E-state index in [9.17, 15) is 9.59 Å². The summed E-state index contributed by atoms with van der Waals surface area (Å²) in [6.07, 6.45) is 0.136. The lowest BCUT2D eigenvalue weighted by molar-refractivity contribution is -0.122. The van der Waals surface area contributed by atoms with Gasteiger partial charge in [0.25, 0.3) is 5.91 Å². The Morgan fingerprint density at radius 1 is 1.00 bits per heavy atom. The van der Waals surface area contributed by atoms with Crippen LogP contribution in [0.3, 0.4) is 0 Å². The summed E-state index contributed by atoms with van der Waals surface area (Å²) in [6.45, 7) is 6.67. The summed E-state index contributed by atoms with van der Waals surface area (Å²) in [5.74, 6) is 0.00396. The Labute approximate surface area is 162 Å². The third kappa shape index (κ3) is 5.88. The van der Waals surface area contributed by atoms with Gasteiger partial charge in [-0.2, -0.15) is 0 Å². The fourth-order valence-corrected chi connectivity index (χ4v) is 2.68. The predicted octanol–water partition coefficient (Wildman–Crippen LogP) is 3.98. The Morgan fingerprint density at radius 2 is 1.65 bits per heavy atom. The van der Waals surface area contributed by atoms with Crippen LogP contribution in [0.15, 0.2) is 53.0 Å². The minimum absolute atomic E-state index is 0.0877. The molecule has 5 nitrogen and oxygen atoms in total. The minimum atomic E-state index is -0.385. The lowest BCUT2D eigenvalue weighted by Crippen LogP contribution is -2.42. The number of hydrazine groups is 1. The van der Waals surface area contributed by atoms with Crippen LogP contribution in [-0.2, 0) is 10.2 Å². The molecule has 0 unspecified atom stereocenters. The van der Waals surface area contributed by atoms with Crippen molar-refractivity contribution in [2.75, 3.05) is 6.61 Å². The SMILES string of the molecule is CC(C)(C)c1ccc(OCCC(=O)NNC(=O)c2ccccc2Br)cc1. The third-order valence-corrected chi connectivity index (χ3v) is 4.44. The molecule has 0 fully saturated rings. The zero-order valence-electron chi connectivity index (χ0n) is 15.1. The molecule has 2 aromatic rings. The molecule has 2 aromatic carbocycles. The molecule has 2 rings (SSSR count). The van der Waals surface area contributed by atoms with Gasteiger partial charge in [-0.25, -0.2) is 0 Å². The molecule has 6 heteroatoms. The van der Waals surface area contributed by atoms with Crippen molar-refractivity contribution in [3.63, 3.8) is 0 Å². The number of rotatable bonds is 5. The van der Waals surface area contributed by atoms with Gasteiger partial charge in [0.1, 0.15) is 5.75 Å². The first-order chi connectivity index (χ1) is 12.3. The third-order valence-electron chi connectivity index (χ3n) is 3.75. The lowest BCUT2D eigenvalue weighted by atomic mass is 9.87. The summed E-state index contributed by atoms with van der Waals surface area (Å²) in [5.41, 5.74) is 6.53. The van der Waals surface area contributed by atoms with Gasteiger partial charge in [-0.05, 0) is 51.2 Å². The number of carbonyl (C=O) groups excluding carboxylic acids is 2. The molecule has 0 radical (unpaired) electrons. The van der Waals surface area contributed by atoms with E-state index in [4.69, 9.17) is 4.74 Å². The summed E-state index contributed by atoms with van der Waals surface area (Å²) in [4.78, 5) is 23.8. The van der Waals surface area contributed by atoms with Crippen molar-refractivity contribution in [2.45, 2.75) is 32.6 Å². The summed E-state index contributed by atoms with van der Waals surface area (Å²) in [5, 5.41) is 0. The molecule has 0 aliphatic heterocycles. The molecule has 0 bridgehead atoms. The molecule has 0 spiro atoms. The highest BCUT2D eigenvalue weighted by atomic mass is 79.9. The highest BCUT2D eigenvalue weighted by molar-refractivity contribution is 9.10. The molecule has 0 aromatic heterocycles. The van der Waals surface area contributed by atoms with Crippen LogP contribution in [0, 0.1) is 0 Å². The number of halogens is 1. The van der Waals surface area contributed by atoms with Crippen LogP contribution >= 0.6 is 15.9 Å². The van der Waals surface area contributed by atoms with Crippen molar-refractivity contribution in [1.29, 1.82) is 0 Å².